The minimum atomic E-state index is -1.33. The van der Waals surface area contributed by atoms with Crippen molar-refractivity contribution in [3.63, 3.8) is 0 Å². The molecule has 0 aliphatic carbocycles. The van der Waals surface area contributed by atoms with Gasteiger partial charge < -0.3 is 39.0 Å². The van der Waals surface area contributed by atoms with Crippen LogP contribution in [0, 0.1) is 23.3 Å². The first-order valence-corrected chi connectivity index (χ1v) is 52.0. The Bertz CT molecular complexity index is 4060. The SMILES string of the molecule is C.CCC(=O)CCCCC[C@H](N)c1[nH]c(-c2ccc(F)cc2)nc1Cl.CCC1(CCCCC[C@H](N[S@](=O)C(C)(C)C)c2c(Cl)nc(-c3ccc(F)cc3)n2COCC[Si](C)(C)C)OCCO1.C[Si](C)(C)CCOCn1c(-c2ccc(F)cc2)nc(Cl)c1Br.C[Si](C)(C)CCOCn1c(Br)cnc1-c1ccc(F)cc1. The molecule has 0 saturated carbocycles. The molecule has 17 nitrogen and oxygen atoms in total. The number of carbonyl (C=O) groups excluding carboxylic acids is 1. The van der Waals surface area contributed by atoms with Gasteiger partial charge in [0.1, 0.15) is 81.7 Å². The summed E-state index contributed by atoms with van der Waals surface area (Å²) in [6.45, 7) is 35.1. The number of benzene rings is 4. The molecule has 4 aromatic carbocycles. The summed E-state index contributed by atoms with van der Waals surface area (Å²) in [4.78, 5) is 32.1. The van der Waals surface area contributed by atoms with Crippen LogP contribution < -0.4 is 10.5 Å². The molecule has 0 amide bonds. The Balaban J connectivity index is 0.000000271. The summed E-state index contributed by atoms with van der Waals surface area (Å²) in [5.74, 6) is 1.33. The van der Waals surface area contributed by atoms with Crippen LogP contribution in [0.3, 0.4) is 0 Å². The van der Waals surface area contributed by atoms with Crippen LogP contribution in [0.25, 0.3) is 45.6 Å². The molecule has 4 N–H and O–H groups in total. The summed E-state index contributed by atoms with van der Waals surface area (Å²) in [6.07, 6.45) is 11.8. The van der Waals surface area contributed by atoms with Gasteiger partial charge in [0.15, 0.2) is 21.2 Å². The predicted molar refractivity (Wildman–Crippen MR) is 453 cm³/mol. The van der Waals surface area contributed by atoms with Crippen molar-refractivity contribution in [3.8, 4) is 45.6 Å². The number of ether oxygens (including phenoxy) is 5. The van der Waals surface area contributed by atoms with E-state index in [-0.39, 0.29) is 49.5 Å². The third-order valence-electron chi connectivity index (χ3n) is 17.7. The van der Waals surface area contributed by atoms with Gasteiger partial charge in [-0.05, 0) is 200 Å². The molecule has 0 bridgehead atoms. The highest BCUT2D eigenvalue weighted by molar-refractivity contribution is 9.10. The number of H-pyrrole nitrogens is 1. The van der Waals surface area contributed by atoms with E-state index in [0.717, 1.165) is 121 Å². The van der Waals surface area contributed by atoms with Crippen molar-refractivity contribution in [3.05, 3.63) is 163 Å². The van der Waals surface area contributed by atoms with E-state index in [4.69, 9.17) is 69.2 Å². The number of hydrogen-bond acceptors (Lipinski definition) is 12. The van der Waals surface area contributed by atoms with Crippen molar-refractivity contribution in [2.45, 2.75) is 239 Å². The lowest BCUT2D eigenvalue weighted by Crippen LogP contribution is -2.36. The first-order valence-electron chi connectivity index (χ1n) is 37.0. The highest BCUT2D eigenvalue weighted by Crippen LogP contribution is 2.37. The van der Waals surface area contributed by atoms with Crippen molar-refractivity contribution >= 4 is 108 Å². The number of Topliss-reactive ketones (excluding diaryl/α,β-unsaturated/α-hetero) is 1. The summed E-state index contributed by atoms with van der Waals surface area (Å²) < 4.78 is 106. The number of aromatic amines is 1. The van der Waals surface area contributed by atoms with Gasteiger partial charge in [-0.1, -0.05) is 141 Å². The second-order valence-electron chi connectivity index (χ2n) is 31.4. The zero-order valence-corrected chi connectivity index (χ0v) is 74.4. The van der Waals surface area contributed by atoms with Crippen LogP contribution >= 0.6 is 66.7 Å². The third kappa shape index (κ3) is 32.3. The van der Waals surface area contributed by atoms with Crippen LogP contribution in [-0.2, 0) is 59.7 Å². The average molecular weight is 1780 g/mol. The van der Waals surface area contributed by atoms with Gasteiger partial charge >= 0.3 is 0 Å². The topological polar surface area (TPSA) is 200 Å². The van der Waals surface area contributed by atoms with Gasteiger partial charge in [0, 0.05) is 91.6 Å². The molecule has 0 radical (unpaired) electrons. The molecule has 3 atom stereocenters. The van der Waals surface area contributed by atoms with Crippen LogP contribution in [0.15, 0.2) is 112 Å². The molecule has 1 saturated heterocycles. The van der Waals surface area contributed by atoms with Crippen molar-refractivity contribution in [2.75, 3.05) is 33.0 Å². The first-order chi connectivity index (χ1) is 50.9. The van der Waals surface area contributed by atoms with E-state index in [2.05, 4.69) is 122 Å². The van der Waals surface area contributed by atoms with Gasteiger partial charge in [-0.25, -0.2) is 46.4 Å². The highest BCUT2D eigenvalue weighted by Gasteiger charge is 2.35. The first kappa shape index (κ1) is 95.1. The summed E-state index contributed by atoms with van der Waals surface area (Å²) in [5.41, 5.74) is 10.8. The number of halogens is 9. The lowest BCUT2D eigenvalue weighted by atomic mass is 10.0. The Hall–Kier alpha value is -4.54. The monoisotopic (exact) mass is 1770 g/mol. The molecule has 1 aliphatic heterocycles. The number of ketones is 1. The lowest BCUT2D eigenvalue weighted by Gasteiger charge is -2.27. The Morgan fingerprint density at radius 1 is 0.615 bits per heavy atom. The van der Waals surface area contributed by atoms with Crippen molar-refractivity contribution in [1.29, 1.82) is 0 Å². The molecule has 1 aliphatic rings. The fraction of sp³-hybridized carbons (Fsp3) is 0.532. The number of imidazole rings is 4. The molecule has 8 aromatic rings. The third-order valence-corrected chi connectivity index (χ3v) is 26.9. The number of nitrogens with two attached hydrogens (primary N) is 1. The Kier molecular flexibility index (Phi) is 39.7. The maximum atomic E-state index is 13.7. The minimum absolute atomic E-state index is 0. The normalized spacial score (nSPS) is 13.9. The highest BCUT2D eigenvalue weighted by atomic mass is 79.9. The van der Waals surface area contributed by atoms with E-state index in [9.17, 15) is 26.6 Å². The fourth-order valence-electron chi connectivity index (χ4n) is 11.0. The number of hydrogen-bond donors (Lipinski definition) is 3. The fourth-order valence-corrected chi connectivity index (χ4v) is 15.6. The van der Waals surface area contributed by atoms with Gasteiger partial charge in [0.2, 0.25) is 0 Å². The Morgan fingerprint density at radius 2 is 1.05 bits per heavy atom. The van der Waals surface area contributed by atoms with Gasteiger partial charge in [-0.15, -0.1) is 0 Å². The average Bonchev–Trinajstić information content (AvgIpc) is 1.62. The molecular weight excluding hydrogens is 1660 g/mol. The summed E-state index contributed by atoms with van der Waals surface area (Å²) in [6, 6.07) is 27.5. The molecule has 4 aromatic heterocycles. The summed E-state index contributed by atoms with van der Waals surface area (Å²) in [7, 11) is -4.81. The molecule has 5 heterocycles. The van der Waals surface area contributed by atoms with Gasteiger partial charge in [-0.3, -0.25) is 13.9 Å². The number of nitrogens with zero attached hydrogens (tertiary/aromatic N) is 7. The van der Waals surface area contributed by atoms with Crippen molar-refractivity contribution in [1.82, 2.24) is 43.3 Å². The molecule has 604 valence electrons. The van der Waals surface area contributed by atoms with Gasteiger partial charge in [0.25, 0.3) is 0 Å². The Labute approximate surface area is 681 Å². The molecule has 9 rings (SSSR count). The van der Waals surface area contributed by atoms with E-state index in [0.29, 0.717) is 108 Å². The minimum Gasteiger partial charge on any atom is -0.361 e. The van der Waals surface area contributed by atoms with Crippen LogP contribution in [-0.4, -0.2) is 116 Å². The van der Waals surface area contributed by atoms with Gasteiger partial charge in [-0.2, -0.15) is 0 Å². The largest absolute Gasteiger partial charge is 0.361 e. The molecule has 0 spiro atoms. The van der Waals surface area contributed by atoms with Crippen molar-refractivity contribution in [2.24, 2.45) is 5.73 Å². The van der Waals surface area contributed by atoms with E-state index in [1.165, 1.54) is 48.5 Å². The maximum Gasteiger partial charge on any atom is 0.168 e. The standard InChI is InChI=1S/C30H49ClFN3O4SSi.C18H23ClFN3O.C15H19BrClFN2OSi.C15H20BrFN2OSi.CH4/c1-8-30(38-18-19-39-30)17-11-9-10-12-25(34-40(36)29(2,3)4)26-27(31)33-28(23-13-15-24(32)16-14-23)35(26)22-37-20-21-41(5,6)7;1-2-14(24)6-4-3-5-7-15(21)16-17(19)23-18(22-16)12-8-10-13(20)11-9-12;1-22(2,3)9-8-21-10-20-13(16)14(17)19-15(20)11-4-6-12(18)7-5-11;1-21(2,3)9-8-20-11-19-14(16)10-18-15(19)12-4-6-13(17)7-5-12;/h13-16,25,34H,8-12,17-22H2,1-7H3;8-11,15H,2-7,21H2,1H3,(H,22,23);4-7H,8-10H2,1-3H3;4-7,10H,8-9,11H2,1-3H3;1H4/t25-,40+;15-;;;/m00.../s1. The lowest BCUT2D eigenvalue weighted by molar-refractivity contribution is -0.164. The van der Waals surface area contributed by atoms with E-state index < -0.39 is 45.7 Å². The molecular formula is C79H115Br2Cl3F4N10O7SSi3. The van der Waals surface area contributed by atoms with Crippen LogP contribution in [0.5, 0.6) is 0 Å². The maximum absolute atomic E-state index is 13.7. The number of rotatable bonds is 37. The predicted octanol–water partition coefficient (Wildman–Crippen LogP) is 23.5. The molecule has 1 fully saturated rings. The zero-order chi connectivity index (χ0) is 79.6. The van der Waals surface area contributed by atoms with Crippen LogP contribution in [0.1, 0.15) is 143 Å². The second-order valence-corrected chi connectivity index (χ2v) is 52.9. The number of aromatic nitrogens is 8. The summed E-state index contributed by atoms with van der Waals surface area (Å²) >= 11 is 26.0. The second kappa shape index (κ2) is 45.5. The quantitative estimate of drug-likeness (QED) is 0.0189. The Morgan fingerprint density at radius 3 is 1.51 bits per heavy atom. The van der Waals surface area contributed by atoms with Crippen LogP contribution in [0.4, 0.5) is 17.6 Å². The number of carbonyl (C=O) groups is 1. The zero-order valence-electron chi connectivity index (χ0n) is 65.1. The molecule has 30 heteroatoms. The molecule has 0 unspecified atom stereocenters. The molecule has 109 heavy (non-hydrogen) atoms. The van der Waals surface area contributed by atoms with E-state index in [1.807, 2.05) is 41.4 Å². The van der Waals surface area contributed by atoms with E-state index >= 15 is 0 Å². The summed E-state index contributed by atoms with van der Waals surface area (Å²) in [5, 5.41) is 1.05. The van der Waals surface area contributed by atoms with Crippen LogP contribution in [0.2, 0.25) is 92.5 Å². The smallest absolute Gasteiger partial charge is 0.168 e. The van der Waals surface area contributed by atoms with Crippen molar-refractivity contribution < 1.29 is 50.2 Å². The van der Waals surface area contributed by atoms with Gasteiger partial charge in [0.05, 0.1) is 52.6 Å². The number of unbranched alkanes of at least 4 members (excludes halogenated alkanes) is 4. The number of nitrogens with one attached hydrogen (secondary N) is 2. The van der Waals surface area contributed by atoms with E-state index in [1.54, 1.807) is 54.7 Å².